The zero-order valence-electron chi connectivity index (χ0n) is 14.9. The maximum Gasteiger partial charge on any atom is 0.242 e. The monoisotopic (exact) mass is 343 g/mol. The molecule has 0 spiro atoms. The number of anilines is 2. The summed E-state index contributed by atoms with van der Waals surface area (Å²) in [4.78, 5) is 42.2. The number of rotatable bonds is 3. The molecule has 0 aliphatic carbocycles. The molecule has 25 heavy (non-hydrogen) atoms. The molecule has 1 fully saturated rings. The molecule has 0 saturated carbocycles. The summed E-state index contributed by atoms with van der Waals surface area (Å²) in [6.45, 7) is 4.96. The van der Waals surface area contributed by atoms with E-state index in [1.165, 1.54) is 0 Å². The lowest BCUT2D eigenvalue weighted by Crippen LogP contribution is -2.49. The molecule has 6 nitrogen and oxygen atoms in total. The summed E-state index contributed by atoms with van der Waals surface area (Å²) in [7, 11) is 0. The van der Waals surface area contributed by atoms with Crippen molar-refractivity contribution in [2.24, 2.45) is 5.92 Å². The van der Waals surface area contributed by atoms with Crippen LogP contribution in [-0.2, 0) is 14.4 Å². The Hall–Kier alpha value is -2.37. The first-order chi connectivity index (χ1) is 12.0. The highest BCUT2D eigenvalue weighted by Gasteiger charge is 2.34. The second-order valence-corrected chi connectivity index (χ2v) is 7.00. The first-order valence-corrected chi connectivity index (χ1v) is 8.94. The molecule has 0 bridgehead atoms. The van der Waals surface area contributed by atoms with Crippen molar-refractivity contribution in [2.75, 3.05) is 29.4 Å². The van der Waals surface area contributed by atoms with Gasteiger partial charge in [-0.15, -0.1) is 0 Å². The van der Waals surface area contributed by atoms with Crippen molar-refractivity contribution in [1.82, 2.24) is 4.90 Å². The van der Waals surface area contributed by atoms with Gasteiger partial charge in [-0.05, 0) is 38.3 Å². The predicted octanol–water partition coefficient (Wildman–Crippen LogP) is 2.03. The number of benzene rings is 1. The molecule has 6 heteroatoms. The van der Waals surface area contributed by atoms with E-state index in [2.05, 4.69) is 6.92 Å². The molecule has 134 valence electrons. The molecule has 3 rings (SSSR count). The Kier molecular flexibility index (Phi) is 5.06. The van der Waals surface area contributed by atoms with E-state index in [-0.39, 0.29) is 30.3 Å². The Balaban J connectivity index is 1.91. The predicted molar refractivity (Wildman–Crippen MR) is 96.4 cm³/mol. The van der Waals surface area contributed by atoms with Crippen molar-refractivity contribution >= 4 is 29.6 Å². The molecule has 3 amide bonds. The van der Waals surface area contributed by atoms with Crippen LogP contribution >= 0.6 is 0 Å². The Morgan fingerprint density at radius 3 is 2.60 bits per heavy atom. The summed E-state index contributed by atoms with van der Waals surface area (Å²) in [6, 6.07) is 7.49. The molecule has 1 aromatic carbocycles. The minimum absolute atomic E-state index is 0.0250. The van der Waals surface area contributed by atoms with Gasteiger partial charge in [0.1, 0.15) is 6.54 Å². The summed E-state index contributed by atoms with van der Waals surface area (Å²) < 4.78 is 0. The fourth-order valence-electron chi connectivity index (χ4n) is 3.75. The van der Waals surface area contributed by atoms with E-state index >= 15 is 0 Å². The first-order valence-electron chi connectivity index (χ1n) is 8.94. The highest BCUT2D eigenvalue weighted by molar-refractivity contribution is 6.05. The third kappa shape index (κ3) is 3.38. The van der Waals surface area contributed by atoms with Gasteiger partial charge in [0, 0.05) is 19.1 Å². The topological polar surface area (TPSA) is 60.9 Å². The summed E-state index contributed by atoms with van der Waals surface area (Å²) in [5, 5.41) is 0. The van der Waals surface area contributed by atoms with Gasteiger partial charge in [0.05, 0.1) is 17.3 Å². The lowest BCUT2D eigenvalue weighted by molar-refractivity contribution is -0.134. The molecular formula is C19H25N3O3. The maximum atomic E-state index is 12.9. The quantitative estimate of drug-likeness (QED) is 0.789. The van der Waals surface area contributed by atoms with Gasteiger partial charge in [-0.2, -0.15) is 0 Å². The van der Waals surface area contributed by atoms with Crippen LogP contribution in [0, 0.1) is 5.92 Å². The van der Waals surface area contributed by atoms with Crippen molar-refractivity contribution in [2.45, 2.75) is 39.2 Å². The van der Waals surface area contributed by atoms with Gasteiger partial charge in [-0.25, -0.2) is 0 Å². The molecule has 2 heterocycles. The van der Waals surface area contributed by atoms with Crippen LogP contribution in [0.4, 0.5) is 11.4 Å². The summed E-state index contributed by atoms with van der Waals surface area (Å²) in [5.41, 5.74) is 1.30. The van der Waals surface area contributed by atoms with Gasteiger partial charge < -0.3 is 14.7 Å². The van der Waals surface area contributed by atoms with Crippen LogP contribution in [0.25, 0.3) is 0 Å². The molecule has 0 N–H and O–H groups in total. The van der Waals surface area contributed by atoms with E-state index in [0.717, 1.165) is 32.2 Å². The summed E-state index contributed by atoms with van der Waals surface area (Å²) in [6.07, 6.45) is 3.91. The molecule has 1 aromatic rings. The lowest BCUT2D eigenvalue weighted by atomic mass is 10.0. The van der Waals surface area contributed by atoms with Crippen LogP contribution in [0.3, 0.4) is 0 Å². The number of piperidine rings is 1. The number of fused-ring (bicyclic) bond motifs is 1. The van der Waals surface area contributed by atoms with Gasteiger partial charge >= 0.3 is 0 Å². The van der Waals surface area contributed by atoms with E-state index in [1.54, 1.807) is 22.8 Å². The number of carbonyl (C=O) groups is 3. The average Bonchev–Trinajstić information content (AvgIpc) is 2.72. The Morgan fingerprint density at radius 1 is 1.20 bits per heavy atom. The third-order valence-corrected chi connectivity index (χ3v) is 5.18. The molecule has 0 aromatic heterocycles. The Bertz CT molecular complexity index is 676. The van der Waals surface area contributed by atoms with Crippen LogP contribution in [0.1, 0.15) is 33.1 Å². The van der Waals surface area contributed by atoms with E-state index in [1.807, 2.05) is 23.1 Å². The number of hydrogen-bond donors (Lipinski definition) is 0. The minimum Gasteiger partial charge on any atom is -0.338 e. The lowest BCUT2D eigenvalue weighted by Gasteiger charge is -2.35. The van der Waals surface area contributed by atoms with E-state index in [0.29, 0.717) is 17.9 Å². The Labute approximate surface area is 148 Å². The molecule has 2 aliphatic heterocycles. The zero-order chi connectivity index (χ0) is 18.0. The van der Waals surface area contributed by atoms with Gasteiger partial charge in [-0.3, -0.25) is 14.4 Å². The highest BCUT2D eigenvalue weighted by atomic mass is 16.2. The number of amides is 3. The van der Waals surface area contributed by atoms with Gasteiger partial charge in [0.2, 0.25) is 18.2 Å². The second kappa shape index (κ2) is 7.25. The molecule has 0 radical (unpaired) electrons. The average molecular weight is 343 g/mol. The molecular weight excluding hydrogens is 318 g/mol. The smallest absolute Gasteiger partial charge is 0.242 e. The van der Waals surface area contributed by atoms with Crippen molar-refractivity contribution in [1.29, 1.82) is 0 Å². The van der Waals surface area contributed by atoms with E-state index in [4.69, 9.17) is 0 Å². The van der Waals surface area contributed by atoms with Crippen molar-refractivity contribution in [3.05, 3.63) is 24.3 Å². The van der Waals surface area contributed by atoms with E-state index < -0.39 is 0 Å². The second-order valence-electron chi connectivity index (χ2n) is 7.00. The van der Waals surface area contributed by atoms with Crippen LogP contribution in [0.15, 0.2) is 24.3 Å². The molecule has 1 saturated heterocycles. The van der Waals surface area contributed by atoms with Gasteiger partial charge in [0.25, 0.3) is 0 Å². The van der Waals surface area contributed by atoms with Crippen molar-refractivity contribution < 1.29 is 14.4 Å². The number of nitrogens with zero attached hydrogens (tertiary/aromatic N) is 3. The molecule has 2 atom stereocenters. The zero-order valence-corrected chi connectivity index (χ0v) is 14.9. The normalized spacial score (nSPS) is 23.9. The van der Waals surface area contributed by atoms with Crippen molar-refractivity contribution in [3.63, 3.8) is 0 Å². The van der Waals surface area contributed by atoms with E-state index in [9.17, 15) is 14.4 Å². The summed E-state index contributed by atoms with van der Waals surface area (Å²) >= 11 is 0. The fraction of sp³-hybridized carbons (Fsp3) is 0.526. The summed E-state index contributed by atoms with van der Waals surface area (Å²) in [5.74, 6) is -0.499. The maximum absolute atomic E-state index is 12.9. The standard InChI is InChI=1S/C19H25N3O3/c1-14-11-20(13-23)16-8-3-4-9-17(16)22(19(14)25)12-18(24)21-10-6-5-7-15(21)2/h3-4,8-9,13-15H,5-7,10-12H2,1-2H3. The Morgan fingerprint density at radius 2 is 1.92 bits per heavy atom. The first kappa shape index (κ1) is 17.5. The number of hydrogen-bond acceptors (Lipinski definition) is 3. The van der Waals surface area contributed by atoms with Gasteiger partial charge in [-0.1, -0.05) is 19.1 Å². The SMILES string of the molecule is CC1CN(C=O)c2ccccc2N(CC(=O)N2CCCCC2C)C1=O. The van der Waals surface area contributed by atoms with Crippen LogP contribution in [-0.4, -0.2) is 48.8 Å². The van der Waals surface area contributed by atoms with Gasteiger partial charge in [0.15, 0.2) is 0 Å². The molecule has 2 aliphatic rings. The number of likely N-dealkylation sites (tertiary alicyclic amines) is 1. The van der Waals surface area contributed by atoms with Crippen LogP contribution in [0.2, 0.25) is 0 Å². The van der Waals surface area contributed by atoms with Crippen LogP contribution < -0.4 is 9.80 Å². The van der Waals surface area contributed by atoms with Crippen molar-refractivity contribution in [3.8, 4) is 0 Å². The largest absolute Gasteiger partial charge is 0.338 e. The number of para-hydroxylation sites is 2. The third-order valence-electron chi connectivity index (χ3n) is 5.18. The van der Waals surface area contributed by atoms with Crippen LogP contribution in [0.5, 0.6) is 0 Å². The highest BCUT2D eigenvalue weighted by Crippen LogP contribution is 2.33. The molecule has 2 unspecified atom stereocenters. The fourth-order valence-corrected chi connectivity index (χ4v) is 3.75. The minimum atomic E-state index is -0.357. The number of carbonyl (C=O) groups excluding carboxylic acids is 3.